The average molecular weight is 313 g/mol. The molecule has 0 fully saturated rings. The van der Waals surface area contributed by atoms with E-state index in [9.17, 15) is 9.90 Å². The Morgan fingerprint density at radius 3 is 2.78 bits per heavy atom. The molecule has 1 aliphatic rings. The zero-order valence-electron chi connectivity index (χ0n) is 13.1. The summed E-state index contributed by atoms with van der Waals surface area (Å²) in [6.07, 6.45) is -0.428. The molecule has 2 aromatic carbocycles. The minimum absolute atomic E-state index is 0.135. The second kappa shape index (κ2) is 6.30. The Morgan fingerprint density at radius 2 is 2.09 bits per heavy atom. The molecule has 1 amide bonds. The van der Waals surface area contributed by atoms with Crippen molar-refractivity contribution in [2.75, 3.05) is 20.8 Å². The molecule has 5 heteroatoms. The molecule has 0 spiro atoms. The number of rotatable bonds is 4. The molecule has 2 atom stereocenters. The molecule has 0 bridgehead atoms. The molecule has 3 rings (SSSR count). The van der Waals surface area contributed by atoms with Crippen molar-refractivity contribution in [3.05, 3.63) is 59.2 Å². The highest BCUT2D eigenvalue weighted by molar-refractivity contribution is 5.97. The number of aliphatic hydroxyl groups is 1. The zero-order chi connectivity index (χ0) is 16.4. The van der Waals surface area contributed by atoms with Crippen molar-refractivity contribution in [2.24, 2.45) is 0 Å². The summed E-state index contributed by atoms with van der Waals surface area (Å²) in [5.74, 6) is 0.938. The Bertz CT molecular complexity index is 729. The van der Waals surface area contributed by atoms with E-state index in [0.717, 1.165) is 16.9 Å². The topological polar surface area (TPSA) is 67.8 Å². The maximum absolute atomic E-state index is 12.0. The van der Waals surface area contributed by atoms with E-state index in [1.54, 1.807) is 20.2 Å². The van der Waals surface area contributed by atoms with Crippen molar-refractivity contribution < 1.29 is 19.4 Å². The van der Waals surface area contributed by atoms with Crippen LogP contribution in [-0.2, 0) is 0 Å². The van der Waals surface area contributed by atoms with Gasteiger partial charge >= 0.3 is 0 Å². The predicted molar refractivity (Wildman–Crippen MR) is 86.2 cm³/mol. The molecule has 0 aliphatic carbocycles. The fraction of sp³-hybridized carbons (Fsp3) is 0.278. The predicted octanol–water partition coefficient (Wildman–Crippen LogP) is 1.94. The van der Waals surface area contributed by atoms with Crippen LogP contribution < -0.4 is 14.8 Å². The van der Waals surface area contributed by atoms with Crippen molar-refractivity contribution in [1.29, 1.82) is 0 Å². The van der Waals surface area contributed by atoms with Crippen molar-refractivity contribution in [3.8, 4) is 11.5 Å². The fourth-order valence-electron chi connectivity index (χ4n) is 3.04. The number of nitrogens with one attached hydrogen (secondary N) is 1. The van der Waals surface area contributed by atoms with Gasteiger partial charge in [-0.25, -0.2) is 0 Å². The molecule has 0 unspecified atom stereocenters. The number of hydrogen-bond donors (Lipinski definition) is 2. The molecule has 120 valence electrons. The molecule has 1 heterocycles. The summed E-state index contributed by atoms with van der Waals surface area (Å²) < 4.78 is 11.2. The molecule has 2 aromatic rings. The maximum Gasteiger partial charge on any atom is 0.254 e. The maximum atomic E-state index is 12.0. The first kappa shape index (κ1) is 15.4. The highest BCUT2D eigenvalue weighted by Gasteiger charge is 2.37. The van der Waals surface area contributed by atoms with Gasteiger partial charge in [-0.15, -0.1) is 0 Å². The molecule has 1 aliphatic heterocycles. The van der Waals surface area contributed by atoms with Crippen LogP contribution in [0.1, 0.15) is 27.4 Å². The third-order valence-corrected chi connectivity index (χ3v) is 4.13. The van der Waals surface area contributed by atoms with Crippen LogP contribution in [0.15, 0.2) is 42.5 Å². The standard InChI is InChI=1S/C18H19NO4/c1-19-18(21)14-8-4-7-13-16(15(10-20)23-17(13)14)11-5-3-6-12(9-11)22-2/h3-9,15-16,20H,10H2,1-2H3,(H,19,21)/t15-,16+/m1/s1. The van der Waals surface area contributed by atoms with Crippen LogP contribution in [-0.4, -0.2) is 37.9 Å². The van der Waals surface area contributed by atoms with E-state index in [1.165, 1.54) is 0 Å². The van der Waals surface area contributed by atoms with E-state index in [-0.39, 0.29) is 18.4 Å². The summed E-state index contributed by atoms with van der Waals surface area (Å²) in [7, 11) is 3.20. The number of aliphatic hydroxyl groups excluding tert-OH is 1. The number of methoxy groups -OCH3 is 1. The Hall–Kier alpha value is -2.53. The van der Waals surface area contributed by atoms with Crippen LogP contribution in [0, 0.1) is 0 Å². The van der Waals surface area contributed by atoms with Gasteiger partial charge in [-0.05, 0) is 23.8 Å². The number of hydrogen-bond acceptors (Lipinski definition) is 4. The lowest BCUT2D eigenvalue weighted by molar-refractivity contribution is 0.0947. The number of carbonyl (C=O) groups excluding carboxylic acids is 1. The average Bonchev–Trinajstić information content (AvgIpc) is 2.99. The van der Waals surface area contributed by atoms with Gasteiger partial charge in [-0.2, -0.15) is 0 Å². The minimum atomic E-state index is -0.428. The molecule has 0 saturated heterocycles. The molecule has 0 saturated carbocycles. The number of ether oxygens (including phenoxy) is 2. The number of para-hydroxylation sites is 1. The van der Waals surface area contributed by atoms with Crippen molar-refractivity contribution in [3.63, 3.8) is 0 Å². The van der Waals surface area contributed by atoms with Gasteiger partial charge in [0.2, 0.25) is 0 Å². The summed E-state index contributed by atoms with van der Waals surface area (Å²) in [4.78, 5) is 12.0. The van der Waals surface area contributed by atoms with E-state index >= 15 is 0 Å². The monoisotopic (exact) mass is 313 g/mol. The number of carbonyl (C=O) groups is 1. The summed E-state index contributed by atoms with van der Waals surface area (Å²) in [5.41, 5.74) is 2.36. The van der Waals surface area contributed by atoms with Gasteiger partial charge in [-0.1, -0.05) is 24.3 Å². The van der Waals surface area contributed by atoms with Crippen LogP contribution in [0.25, 0.3) is 0 Å². The first-order valence-corrected chi connectivity index (χ1v) is 7.46. The molecule has 23 heavy (non-hydrogen) atoms. The summed E-state index contributed by atoms with van der Waals surface area (Å²) in [5, 5.41) is 12.3. The molecule has 0 radical (unpaired) electrons. The van der Waals surface area contributed by atoms with Crippen molar-refractivity contribution in [1.82, 2.24) is 5.32 Å². The van der Waals surface area contributed by atoms with E-state index in [4.69, 9.17) is 9.47 Å². The second-order valence-corrected chi connectivity index (χ2v) is 5.40. The van der Waals surface area contributed by atoms with Crippen molar-refractivity contribution >= 4 is 5.91 Å². The largest absolute Gasteiger partial charge is 0.497 e. The summed E-state index contributed by atoms with van der Waals surface area (Å²) >= 11 is 0. The Balaban J connectivity index is 2.10. The van der Waals surface area contributed by atoms with Gasteiger partial charge in [0.1, 0.15) is 17.6 Å². The van der Waals surface area contributed by atoms with E-state index < -0.39 is 6.10 Å². The minimum Gasteiger partial charge on any atom is -0.497 e. The van der Waals surface area contributed by atoms with Crippen LogP contribution >= 0.6 is 0 Å². The van der Waals surface area contributed by atoms with Gasteiger partial charge in [0.05, 0.1) is 25.2 Å². The zero-order valence-corrected chi connectivity index (χ0v) is 13.1. The number of benzene rings is 2. The second-order valence-electron chi connectivity index (χ2n) is 5.40. The van der Waals surface area contributed by atoms with E-state index in [1.807, 2.05) is 36.4 Å². The molecule has 2 N–H and O–H groups in total. The first-order valence-electron chi connectivity index (χ1n) is 7.46. The van der Waals surface area contributed by atoms with E-state index in [2.05, 4.69) is 5.32 Å². The summed E-state index contributed by atoms with van der Waals surface area (Å²) in [6.45, 7) is -0.135. The lowest BCUT2D eigenvalue weighted by Gasteiger charge is -2.18. The van der Waals surface area contributed by atoms with Gasteiger partial charge in [0, 0.05) is 12.6 Å². The molecule has 0 aromatic heterocycles. The van der Waals surface area contributed by atoms with Gasteiger partial charge < -0.3 is 19.9 Å². The van der Waals surface area contributed by atoms with Crippen LogP contribution in [0.2, 0.25) is 0 Å². The third kappa shape index (κ3) is 2.64. The lowest BCUT2D eigenvalue weighted by Crippen LogP contribution is -2.24. The number of fused-ring (bicyclic) bond motifs is 1. The normalized spacial score (nSPS) is 18.9. The number of amides is 1. The van der Waals surface area contributed by atoms with Gasteiger partial charge in [0.25, 0.3) is 5.91 Å². The van der Waals surface area contributed by atoms with Crippen LogP contribution in [0.3, 0.4) is 0 Å². The molecular weight excluding hydrogens is 294 g/mol. The Morgan fingerprint density at radius 1 is 1.30 bits per heavy atom. The van der Waals surface area contributed by atoms with Crippen LogP contribution in [0.5, 0.6) is 11.5 Å². The molecule has 5 nitrogen and oxygen atoms in total. The van der Waals surface area contributed by atoms with Gasteiger partial charge in [0.15, 0.2) is 0 Å². The Labute approximate surface area is 134 Å². The Kier molecular flexibility index (Phi) is 4.21. The third-order valence-electron chi connectivity index (χ3n) is 4.13. The first-order chi connectivity index (χ1) is 11.2. The quantitative estimate of drug-likeness (QED) is 0.905. The highest BCUT2D eigenvalue weighted by atomic mass is 16.5. The summed E-state index contributed by atoms with van der Waals surface area (Å²) in [6, 6.07) is 13.2. The van der Waals surface area contributed by atoms with E-state index in [0.29, 0.717) is 11.3 Å². The smallest absolute Gasteiger partial charge is 0.254 e. The fourth-order valence-corrected chi connectivity index (χ4v) is 3.04. The van der Waals surface area contributed by atoms with Crippen LogP contribution in [0.4, 0.5) is 0 Å². The van der Waals surface area contributed by atoms with Gasteiger partial charge in [-0.3, -0.25) is 4.79 Å². The SMILES string of the molecule is CNC(=O)c1cccc2c1O[C@H](CO)[C@H]2c1cccc(OC)c1. The van der Waals surface area contributed by atoms with Crippen molar-refractivity contribution in [2.45, 2.75) is 12.0 Å². The highest BCUT2D eigenvalue weighted by Crippen LogP contribution is 2.44. The lowest BCUT2D eigenvalue weighted by atomic mass is 9.87. The molecular formula is C18H19NO4.